The third-order valence-corrected chi connectivity index (χ3v) is 6.29. The van der Waals surface area contributed by atoms with Gasteiger partial charge in [-0.05, 0) is 42.4 Å². The summed E-state index contributed by atoms with van der Waals surface area (Å²) < 4.78 is 0. The summed E-state index contributed by atoms with van der Waals surface area (Å²) in [7, 11) is 0. The molecule has 1 aromatic rings. The monoisotopic (exact) mass is 405 g/mol. The van der Waals surface area contributed by atoms with Gasteiger partial charge in [0.1, 0.15) is 6.04 Å². The van der Waals surface area contributed by atoms with E-state index in [0.717, 1.165) is 12.0 Å². The molecule has 8 heteroatoms. The van der Waals surface area contributed by atoms with Crippen LogP contribution in [0.15, 0.2) is 24.3 Å². The standard InChI is InChI=1S/C20H24ClN3O4/c21-16-3-1-13(2-4-16)12-24-17(5-6-18(24)25)19(26)22-8-14-7-15(9-22)11-23(10-14)20(27)28/h1-4,14-15,17H,5-12H2,(H,27,28)/t14?,15?,17-/m0/s1. The van der Waals surface area contributed by atoms with Crippen molar-refractivity contribution in [1.29, 1.82) is 0 Å². The minimum atomic E-state index is -0.884. The Morgan fingerprint density at radius 1 is 1.04 bits per heavy atom. The quantitative estimate of drug-likeness (QED) is 0.836. The molecular formula is C20H24ClN3O4. The number of halogens is 1. The Labute approximate surface area is 168 Å². The zero-order valence-corrected chi connectivity index (χ0v) is 16.3. The number of benzene rings is 1. The van der Waals surface area contributed by atoms with Crippen molar-refractivity contribution < 1.29 is 19.5 Å². The molecule has 4 rings (SSSR count). The number of amides is 3. The van der Waals surface area contributed by atoms with Gasteiger partial charge >= 0.3 is 6.09 Å². The maximum Gasteiger partial charge on any atom is 0.407 e. The topological polar surface area (TPSA) is 81.2 Å². The molecule has 28 heavy (non-hydrogen) atoms. The lowest BCUT2D eigenvalue weighted by Crippen LogP contribution is -2.57. The van der Waals surface area contributed by atoms with Crippen molar-refractivity contribution in [3.63, 3.8) is 0 Å². The van der Waals surface area contributed by atoms with Crippen LogP contribution in [0.25, 0.3) is 0 Å². The van der Waals surface area contributed by atoms with Crippen molar-refractivity contribution in [3.05, 3.63) is 34.9 Å². The minimum Gasteiger partial charge on any atom is -0.465 e. The van der Waals surface area contributed by atoms with Crippen molar-refractivity contribution in [1.82, 2.24) is 14.7 Å². The number of fused-ring (bicyclic) bond motifs is 2. The molecule has 3 saturated heterocycles. The number of carbonyl (C=O) groups excluding carboxylic acids is 2. The molecule has 0 aliphatic carbocycles. The highest BCUT2D eigenvalue weighted by atomic mass is 35.5. The number of hydrogen-bond acceptors (Lipinski definition) is 3. The van der Waals surface area contributed by atoms with Gasteiger partial charge in [0.05, 0.1) is 0 Å². The van der Waals surface area contributed by atoms with Crippen LogP contribution in [0.5, 0.6) is 0 Å². The molecule has 1 aromatic carbocycles. The van der Waals surface area contributed by atoms with Crippen LogP contribution in [0.4, 0.5) is 4.79 Å². The smallest absolute Gasteiger partial charge is 0.407 e. The van der Waals surface area contributed by atoms with Gasteiger partial charge in [0.2, 0.25) is 11.8 Å². The van der Waals surface area contributed by atoms with Crippen molar-refractivity contribution in [2.75, 3.05) is 26.2 Å². The lowest BCUT2D eigenvalue weighted by molar-refractivity contribution is -0.145. The summed E-state index contributed by atoms with van der Waals surface area (Å²) in [6.07, 6.45) is 1.01. The molecule has 3 fully saturated rings. The fourth-order valence-electron chi connectivity index (χ4n) is 4.80. The van der Waals surface area contributed by atoms with Crippen LogP contribution in [0.1, 0.15) is 24.8 Å². The molecule has 3 aliphatic rings. The highest BCUT2D eigenvalue weighted by Gasteiger charge is 2.42. The molecule has 2 bridgehead atoms. The Morgan fingerprint density at radius 2 is 1.64 bits per heavy atom. The van der Waals surface area contributed by atoms with Crippen molar-refractivity contribution in [3.8, 4) is 0 Å². The Hall–Kier alpha value is -2.28. The van der Waals surface area contributed by atoms with Crippen molar-refractivity contribution >= 4 is 29.5 Å². The maximum absolute atomic E-state index is 13.2. The number of carbonyl (C=O) groups is 3. The van der Waals surface area contributed by atoms with Gasteiger partial charge in [0, 0.05) is 44.2 Å². The molecule has 0 radical (unpaired) electrons. The largest absolute Gasteiger partial charge is 0.465 e. The second kappa shape index (κ2) is 7.62. The number of carboxylic acid groups (broad SMARTS) is 1. The van der Waals surface area contributed by atoms with E-state index in [2.05, 4.69) is 0 Å². The van der Waals surface area contributed by atoms with Crippen LogP contribution in [0, 0.1) is 11.8 Å². The summed E-state index contributed by atoms with van der Waals surface area (Å²) in [5, 5.41) is 9.89. The van der Waals surface area contributed by atoms with Gasteiger partial charge in [-0.25, -0.2) is 4.79 Å². The zero-order valence-electron chi connectivity index (χ0n) is 15.6. The number of nitrogens with zero attached hydrogens (tertiary/aromatic N) is 3. The third-order valence-electron chi connectivity index (χ3n) is 6.04. The average Bonchev–Trinajstić information content (AvgIpc) is 3.02. The Balaban J connectivity index is 1.44. The highest BCUT2D eigenvalue weighted by Crippen LogP contribution is 2.31. The van der Waals surface area contributed by atoms with Crippen LogP contribution in [-0.4, -0.2) is 69.9 Å². The van der Waals surface area contributed by atoms with E-state index in [1.165, 1.54) is 4.90 Å². The molecule has 0 saturated carbocycles. The first-order valence-electron chi connectivity index (χ1n) is 9.71. The first-order chi connectivity index (χ1) is 13.4. The maximum atomic E-state index is 13.2. The molecule has 7 nitrogen and oxygen atoms in total. The van der Waals surface area contributed by atoms with Crippen molar-refractivity contribution in [2.45, 2.75) is 31.8 Å². The molecule has 3 atom stereocenters. The van der Waals surface area contributed by atoms with Gasteiger partial charge in [0.15, 0.2) is 0 Å². The molecule has 0 spiro atoms. The summed E-state index contributed by atoms with van der Waals surface area (Å²) in [5.74, 6) is 0.351. The lowest BCUT2D eigenvalue weighted by atomic mass is 9.84. The molecule has 3 heterocycles. The number of hydrogen-bond donors (Lipinski definition) is 1. The molecule has 2 unspecified atom stereocenters. The van der Waals surface area contributed by atoms with E-state index in [4.69, 9.17) is 11.6 Å². The van der Waals surface area contributed by atoms with E-state index in [1.807, 2.05) is 17.0 Å². The van der Waals surface area contributed by atoms with Crippen LogP contribution in [0.2, 0.25) is 5.02 Å². The summed E-state index contributed by atoms with van der Waals surface area (Å²) in [5.41, 5.74) is 0.949. The fraction of sp³-hybridized carbons (Fsp3) is 0.550. The Bertz CT molecular complexity index is 770. The van der Waals surface area contributed by atoms with E-state index in [1.54, 1.807) is 17.0 Å². The molecule has 3 amide bonds. The summed E-state index contributed by atoms with van der Waals surface area (Å²) >= 11 is 5.93. The average molecular weight is 406 g/mol. The molecular weight excluding hydrogens is 382 g/mol. The number of likely N-dealkylation sites (tertiary alicyclic amines) is 3. The van der Waals surface area contributed by atoms with Crippen LogP contribution in [-0.2, 0) is 16.1 Å². The zero-order chi connectivity index (χ0) is 19.8. The van der Waals surface area contributed by atoms with Gasteiger partial charge in [0.25, 0.3) is 0 Å². The predicted octanol–water partition coefficient (Wildman–Crippen LogP) is 2.29. The second-order valence-corrected chi connectivity index (χ2v) is 8.54. The minimum absolute atomic E-state index is 0.00158. The van der Waals surface area contributed by atoms with E-state index < -0.39 is 12.1 Å². The summed E-state index contributed by atoms with van der Waals surface area (Å²) in [4.78, 5) is 41.9. The van der Waals surface area contributed by atoms with Gasteiger partial charge in [-0.1, -0.05) is 23.7 Å². The number of rotatable bonds is 3. The van der Waals surface area contributed by atoms with Gasteiger partial charge in [-0.15, -0.1) is 0 Å². The second-order valence-electron chi connectivity index (χ2n) is 8.10. The third kappa shape index (κ3) is 3.81. The van der Waals surface area contributed by atoms with Gasteiger partial charge in [-0.2, -0.15) is 0 Å². The van der Waals surface area contributed by atoms with E-state index >= 15 is 0 Å². The SMILES string of the molecule is O=C(O)N1CC2CC(C1)CN(C(=O)[C@@H]1CCC(=O)N1Cc1ccc(Cl)cc1)C2. The van der Waals surface area contributed by atoms with Crippen molar-refractivity contribution in [2.24, 2.45) is 11.8 Å². The summed E-state index contributed by atoms with van der Waals surface area (Å²) in [6.45, 7) is 2.50. The normalized spacial score (nSPS) is 27.2. The molecule has 3 aliphatic heterocycles. The Morgan fingerprint density at radius 3 is 2.25 bits per heavy atom. The van der Waals surface area contributed by atoms with Gasteiger partial charge in [-0.3, -0.25) is 9.59 Å². The molecule has 150 valence electrons. The lowest BCUT2D eigenvalue weighted by Gasteiger charge is -2.45. The van der Waals surface area contributed by atoms with Crippen LogP contribution < -0.4 is 0 Å². The fourth-order valence-corrected chi connectivity index (χ4v) is 4.93. The highest BCUT2D eigenvalue weighted by molar-refractivity contribution is 6.30. The van der Waals surface area contributed by atoms with Crippen LogP contribution in [0.3, 0.4) is 0 Å². The summed E-state index contributed by atoms with van der Waals surface area (Å²) in [6, 6.07) is 6.89. The van der Waals surface area contributed by atoms with Crippen LogP contribution >= 0.6 is 11.6 Å². The first-order valence-corrected chi connectivity index (χ1v) is 10.1. The predicted molar refractivity (Wildman–Crippen MR) is 103 cm³/mol. The first kappa shape index (κ1) is 19.1. The molecule has 1 N–H and O–H groups in total. The van der Waals surface area contributed by atoms with E-state index in [0.29, 0.717) is 50.6 Å². The van der Waals surface area contributed by atoms with Gasteiger partial charge < -0.3 is 19.8 Å². The number of piperidine rings is 2. The Kier molecular flexibility index (Phi) is 5.19. The molecule has 0 aromatic heterocycles. The van der Waals surface area contributed by atoms with E-state index in [-0.39, 0.29) is 23.7 Å². The van der Waals surface area contributed by atoms with E-state index in [9.17, 15) is 19.5 Å².